The maximum Gasteiger partial charge on any atom is 0.145 e. The zero-order valence-electron chi connectivity index (χ0n) is 28.3. The fourth-order valence-electron chi connectivity index (χ4n) is 7.58. The molecular weight excluding hydrogens is 633 g/mol. The van der Waals surface area contributed by atoms with Crippen LogP contribution in [-0.2, 0) is 0 Å². The SMILES string of the molecule is c1ccc(-c2cc(-c3ccccc3)nc(-c3ccc(-n4c5ccccc5c5c6oc(-c7ccccc7)c(-c7ccccc7)c6ccc54)cc3)c2)cc1. The van der Waals surface area contributed by atoms with Crippen molar-refractivity contribution < 1.29 is 4.42 Å². The van der Waals surface area contributed by atoms with Crippen LogP contribution in [0.25, 0.3) is 94.6 Å². The molecule has 3 nitrogen and oxygen atoms in total. The van der Waals surface area contributed by atoms with Gasteiger partial charge in [0.2, 0.25) is 0 Å². The van der Waals surface area contributed by atoms with Gasteiger partial charge in [-0.05, 0) is 59.2 Å². The molecule has 0 radical (unpaired) electrons. The lowest BCUT2D eigenvalue weighted by Gasteiger charge is -2.12. The van der Waals surface area contributed by atoms with Crippen molar-refractivity contribution in [2.45, 2.75) is 0 Å². The molecule has 0 saturated heterocycles. The van der Waals surface area contributed by atoms with Gasteiger partial charge in [-0.15, -0.1) is 0 Å². The highest BCUT2D eigenvalue weighted by Gasteiger charge is 2.23. The summed E-state index contributed by atoms with van der Waals surface area (Å²) in [6, 6.07) is 68.2. The second-order valence-electron chi connectivity index (χ2n) is 13.1. The zero-order chi connectivity index (χ0) is 34.4. The van der Waals surface area contributed by atoms with Gasteiger partial charge in [0, 0.05) is 38.7 Å². The predicted molar refractivity (Wildman–Crippen MR) is 216 cm³/mol. The molecule has 0 unspecified atom stereocenters. The standard InChI is InChI=1S/C49H32N2O/c1-5-15-33(16-6-1)38-31-42(34-17-7-2-8-18-34)50-43(32-38)35-25-27-39(28-26-35)51-44-24-14-13-23-40(44)47-45(51)30-29-41-46(36-19-9-3-10-20-36)48(52-49(41)47)37-21-11-4-12-22-37/h1-32H. The predicted octanol–water partition coefficient (Wildman–Crippen LogP) is 13.3. The fourth-order valence-corrected chi connectivity index (χ4v) is 7.58. The van der Waals surface area contributed by atoms with E-state index in [2.05, 4.69) is 187 Å². The van der Waals surface area contributed by atoms with Crippen LogP contribution in [0.2, 0.25) is 0 Å². The minimum atomic E-state index is 0.885. The van der Waals surface area contributed by atoms with Gasteiger partial charge >= 0.3 is 0 Å². The van der Waals surface area contributed by atoms with Crippen molar-refractivity contribution in [3.05, 3.63) is 194 Å². The van der Waals surface area contributed by atoms with E-state index in [1.807, 2.05) is 12.1 Å². The Morgan fingerprint density at radius 3 is 1.58 bits per heavy atom. The van der Waals surface area contributed by atoms with Gasteiger partial charge in [-0.1, -0.05) is 152 Å². The highest BCUT2D eigenvalue weighted by Crippen LogP contribution is 2.46. The molecule has 0 fully saturated rings. The number of hydrogen-bond donors (Lipinski definition) is 0. The first-order chi connectivity index (χ1) is 25.8. The van der Waals surface area contributed by atoms with E-state index in [9.17, 15) is 0 Å². The summed E-state index contributed by atoms with van der Waals surface area (Å²) >= 11 is 0. The van der Waals surface area contributed by atoms with Gasteiger partial charge in [0.25, 0.3) is 0 Å². The van der Waals surface area contributed by atoms with Crippen molar-refractivity contribution in [1.82, 2.24) is 9.55 Å². The third-order valence-electron chi connectivity index (χ3n) is 10.0. The van der Waals surface area contributed by atoms with Crippen molar-refractivity contribution in [2.24, 2.45) is 0 Å². The number of fused-ring (bicyclic) bond motifs is 5. The van der Waals surface area contributed by atoms with Gasteiger partial charge in [0.1, 0.15) is 11.3 Å². The highest BCUT2D eigenvalue weighted by molar-refractivity contribution is 6.22. The molecule has 0 aliphatic carbocycles. The van der Waals surface area contributed by atoms with Gasteiger partial charge in [-0.25, -0.2) is 4.98 Å². The second kappa shape index (κ2) is 12.4. The number of rotatable bonds is 6. The minimum absolute atomic E-state index is 0.885. The summed E-state index contributed by atoms with van der Waals surface area (Å²) in [4.78, 5) is 5.17. The summed E-state index contributed by atoms with van der Waals surface area (Å²) in [5, 5.41) is 3.38. The summed E-state index contributed by atoms with van der Waals surface area (Å²) in [5.74, 6) is 0.885. The first-order valence-electron chi connectivity index (χ1n) is 17.6. The van der Waals surface area contributed by atoms with Crippen LogP contribution in [0.1, 0.15) is 0 Å². The number of pyridine rings is 1. The Bertz CT molecular complexity index is 2800. The fraction of sp³-hybridized carbons (Fsp3) is 0. The average molecular weight is 665 g/mol. The normalized spacial score (nSPS) is 11.5. The van der Waals surface area contributed by atoms with Crippen LogP contribution in [0, 0.1) is 0 Å². The van der Waals surface area contributed by atoms with Gasteiger partial charge < -0.3 is 8.98 Å². The molecule has 0 amide bonds. The van der Waals surface area contributed by atoms with Gasteiger partial charge in [-0.2, -0.15) is 0 Å². The summed E-state index contributed by atoms with van der Waals surface area (Å²) < 4.78 is 9.31. The monoisotopic (exact) mass is 664 g/mol. The van der Waals surface area contributed by atoms with Gasteiger partial charge in [0.05, 0.1) is 27.8 Å². The van der Waals surface area contributed by atoms with Crippen LogP contribution < -0.4 is 0 Å². The molecule has 244 valence electrons. The maximum absolute atomic E-state index is 6.96. The summed E-state index contributed by atoms with van der Waals surface area (Å²) in [6.45, 7) is 0. The van der Waals surface area contributed by atoms with Crippen molar-refractivity contribution in [1.29, 1.82) is 0 Å². The van der Waals surface area contributed by atoms with E-state index in [0.29, 0.717) is 0 Å². The van der Waals surface area contributed by atoms with E-state index in [1.165, 1.54) is 5.56 Å². The number of nitrogens with zero attached hydrogens (tertiary/aromatic N) is 2. The second-order valence-corrected chi connectivity index (χ2v) is 13.1. The lowest BCUT2D eigenvalue weighted by molar-refractivity contribution is 0.636. The Balaban J connectivity index is 1.15. The van der Waals surface area contributed by atoms with E-state index >= 15 is 0 Å². The number of benzene rings is 7. The van der Waals surface area contributed by atoms with Crippen LogP contribution in [0.4, 0.5) is 0 Å². The number of hydrogen-bond acceptors (Lipinski definition) is 2. The molecule has 7 aromatic carbocycles. The van der Waals surface area contributed by atoms with Crippen LogP contribution in [0.3, 0.4) is 0 Å². The summed E-state index contributed by atoms with van der Waals surface area (Å²) in [7, 11) is 0. The van der Waals surface area contributed by atoms with E-state index in [4.69, 9.17) is 9.40 Å². The van der Waals surface area contributed by atoms with E-state index in [-0.39, 0.29) is 0 Å². The first-order valence-corrected chi connectivity index (χ1v) is 17.6. The molecule has 3 aromatic heterocycles. The smallest absolute Gasteiger partial charge is 0.145 e. The molecule has 10 rings (SSSR count). The topological polar surface area (TPSA) is 31.0 Å². The van der Waals surface area contributed by atoms with Crippen LogP contribution >= 0.6 is 0 Å². The third kappa shape index (κ3) is 5.02. The van der Waals surface area contributed by atoms with Crippen LogP contribution in [-0.4, -0.2) is 9.55 Å². The Morgan fingerprint density at radius 1 is 0.385 bits per heavy atom. The summed E-state index contributed by atoms with van der Waals surface area (Å²) in [5.41, 5.74) is 13.9. The van der Waals surface area contributed by atoms with E-state index in [0.717, 1.165) is 89.0 Å². The van der Waals surface area contributed by atoms with Crippen molar-refractivity contribution >= 4 is 32.8 Å². The van der Waals surface area contributed by atoms with Crippen molar-refractivity contribution in [3.8, 4) is 61.8 Å². The molecule has 52 heavy (non-hydrogen) atoms. The molecule has 10 aromatic rings. The molecule has 3 heterocycles. The molecule has 0 atom stereocenters. The molecule has 0 bridgehead atoms. The van der Waals surface area contributed by atoms with Gasteiger partial charge in [0.15, 0.2) is 0 Å². The van der Waals surface area contributed by atoms with Crippen molar-refractivity contribution in [2.75, 3.05) is 0 Å². The lowest BCUT2D eigenvalue weighted by Crippen LogP contribution is -1.95. The Morgan fingerprint density at radius 2 is 0.923 bits per heavy atom. The molecule has 3 heteroatoms. The average Bonchev–Trinajstić information content (AvgIpc) is 3.78. The molecule has 0 aliphatic rings. The molecule has 0 saturated carbocycles. The number of para-hydroxylation sites is 1. The lowest BCUT2D eigenvalue weighted by atomic mass is 9.98. The Labute approximate surface area is 301 Å². The quantitative estimate of drug-likeness (QED) is 0.177. The maximum atomic E-state index is 6.96. The molecule has 0 N–H and O–H groups in total. The highest BCUT2D eigenvalue weighted by atomic mass is 16.3. The van der Waals surface area contributed by atoms with Crippen LogP contribution in [0.15, 0.2) is 199 Å². The third-order valence-corrected chi connectivity index (χ3v) is 10.0. The van der Waals surface area contributed by atoms with E-state index in [1.54, 1.807) is 0 Å². The molecular formula is C49H32N2O. The van der Waals surface area contributed by atoms with Gasteiger partial charge in [-0.3, -0.25) is 0 Å². The Hall–Kier alpha value is -6.97. The number of aromatic nitrogens is 2. The molecule has 0 aliphatic heterocycles. The summed E-state index contributed by atoms with van der Waals surface area (Å²) in [6.07, 6.45) is 0. The zero-order valence-corrected chi connectivity index (χ0v) is 28.3. The largest absolute Gasteiger partial charge is 0.455 e. The van der Waals surface area contributed by atoms with E-state index < -0.39 is 0 Å². The van der Waals surface area contributed by atoms with Crippen molar-refractivity contribution in [3.63, 3.8) is 0 Å². The number of furan rings is 1. The first kappa shape index (κ1) is 29.9. The molecule has 0 spiro atoms. The minimum Gasteiger partial charge on any atom is -0.455 e. The van der Waals surface area contributed by atoms with Crippen LogP contribution in [0.5, 0.6) is 0 Å². The Kier molecular flexibility index (Phi) is 7.14.